The van der Waals surface area contributed by atoms with Crippen molar-refractivity contribution < 1.29 is 4.74 Å². The second kappa shape index (κ2) is 3.53. The van der Waals surface area contributed by atoms with Crippen LogP contribution in [-0.2, 0) is 6.42 Å². The standard InChI is InChI=1S/C12H10ClN3O/c13-7-1-2-10-6(3-7)4-8-9(14)5-11(15)16-12(8)17-10/h1-3,5H,4H2,(H4,14,15,16). The first-order chi connectivity index (χ1) is 8.13. The summed E-state index contributed by atoms with van der Waals surface area (Å²) in [6.07, 6.45) is 0.657. The lowest BCUT2D eigenvalue weighted by Gasteiger charge is -2.20. The summed E-state index contributed by atoms with van der Waals surface area (Å²) in [5, 5.41) is 0.678. The third kappa shape index (κ3) is 1.66. The number of ether oxygens (including phenoxy) is 1. The smallest absolute Gasteiger partial charge is 0.226 e. The summed E-state index contributed by atoms with van der Waals surface area (Å²) in [5.74, 6) is 1.59. The minimum atomic E-state index is 0.360. The van der Waals surface area contributed by atoms with Crippen molar-refractivity contribution in [3.05, 3.63) is 40.4 Å². The Bertz CT molecular complexity index is 613. The molecule has 2 heterocycles. The Morgan fingerprint density at radius 3 is 2.88 bits per heavy atom. The summed E-state index contributed by atoms with van der Waals surface area (Å²) in [4.78, 5) is 4.14. The van der Waals surface area contributed by atoms with Gasteiger partial charge in [-0.2, -0.15) is 4.98 Å². The Morgan fingerprint density at radius 2 is 2.06 bits per heavy atom. The zero-order valence-electron chi connectivity index (χ0n) is 8.90. The maximum absolute atomic E-state index is 5.95. The maximum Gasteiger partial charge on any atom is 0.226 e. The number of rotatable bonds is 0. The van der Waals surface area contributed by atoms with Crippen molar-refractivity contribution in [3.8, 4) is 11.6 Å². The minimum absolute atomic E-state index is 0.360. The Morgan fingerprint density at radius 1 is 1.24 bits per heavy atom. The molecule has 0 aliphatic carbocycles. The first-order valence-electron chi connectivity index (χ1n) is 5.14. The molecule has 1 aliphatic rings. The molecule has 86 valence electrons. The average Bonchev–Trinajstić information content (AvgIpc) is 2.27. The molecule has 1 aromatic heterocycles. The third-order valence-corrected chi connectivity index (χ3v) is 2.97. The highest BCUT2D eigenvalue weighted by atomic mass is 35.5. The second-order valence-electron chi connectivity index (χ2n) is 3.95. The predicted octanol–water partition coefficient (Wildman–Crippen LogP) is 2.60. The number of nitrogen functional groups attached to an aromatic ring is 2. The fourth-order valence-corrected chi connectivity index (χ4v) is 2.12. The summed E-state index contributed by atoms with van der Waals surface area (Å²) < 4.78 is 5.66. The number of pyridine rings is 1. The summed E-state index contributed by atoms with van der Waals surface area (Å²) in [6, 6.07) is 7.11. The average molecular weight is 248 g/mol. The van der Waals surface area contributed by atoms with Gasteiger partial charge in [0.15, 0.2) is 0 Å². The number of aromatic nitrogens is 1. The molecular formula is C12H10ClN3O. The van der Waals surface area contributed by atoms with E-state index in [1.165, 1.54) is 0 Å². The summed E-state index contributed by atoms with van der Waals surface area (Å²) >= 11 is 5.95. The molecule has 17 heavy (non-hydrogen) atoms. The topological polar surface area (TPSA) is 74.2 Å². The van der Waals surface area contributed by atoms with Gasteiger partial charge < -0.3 is 16.2 Å². The molecule has 0 saturated heterocycles. The van der Waals surface area contributed by atoms with Crippen molar-refractivity contribution in [1.82, 2.24) is 4.98 Å². The molecule has 0 radical (unpaired) electrons. The second-order valence-corrected chi connectivity index (χ2v) is 4.39. The van der Waals surface area contributed by atoms with Crippen molar-refractivity contribution in [2.24, 2.45) is 0 Å². The number of anilines is 2. The van der Waals surface area contributed by atoms with Crippen LogP contribution in [0.15, 0.2) is 24.3 Å². The van der Waals surface area contributed by atoms with E-state index < -0.39 is 0 Å². The van der Waals surface area contributed by atoms with Crippen LogP contribution in [0.25, 0.3) is 0 Å². The zero-order chi connectivity index (χ0) is 12.0. The van der Waals surface area contributed by atoms with Crippen LogP contribution in [0.5, 0.6) is 11.6 Å². The molecule has 4 N–H and O–H groups in total. The van der Waals surface area contributed by atoms with E-state index in [0.717, 1.165) is 16.9 Å². The normalized spacial score (nSPS) is 12.5. The zero-order valence-corrected chi connectivity index (χ0v) is 9.66. The van der Waals surface area contributed by atoms with Gasteiger partial charge in [-0.15, -0.1) is 0 Å². The van der Waals surface area contributed by atoms with Crippen LogP contribution in [-0.4, -0.2) is 4.98 Å². The van der Waals surface area contributed by atoms with Gasteiger partial charge >= 0.3 is 0 Å². The minimum Gasteiger partial charge on any atom is -0.438 e. The van der Waals surface area contributed by atoms with Crippen molar-refractivity contribution in [2.45, 2.75) is 6.42 Å². The van der Waals surface area contributed by atoms with E-state index >= 15 is 0 Å². The van der Waals surface area contributed by atoms with Gasteiger partial charge in [0.1, 0.15) is 11.6 Å². The van der Waals surface area contributed by atoms with E-state index in [4.69, 9.17) is 27.8 Å². The van der Waals surface area contributed by atoms with Crippen LogP contribution < -0.4 is 16.2 Å². The Kier molecular flexibility index (Phi) is 2.12. The molecule has 0 amide bonds. The molecule has 0 unspecified atom stereocenters. The molecule has 4 nitrogen and oxygen atoms in total. The van der Waals surface area contributed by atoms with Crippen molar-refractivity contribution in [2.75, 3.05) is 11.5 Å². The maximum atomic E-state index is 5.95. The van der Waals surface area contributed by atoms with Crippen LogP contribution in [0.1, 0.15) is 11.1 Å². The van der Waals surface area contributed by atoms with E-state index in [9.17, 15) is 0 Å². The van der Waals surface area contributed by atoms with E-state index in [1.54, 1.807) is 12.1 Å². The summed E-state index contributed by atoms with van der Waals surface area (Å²) in [5.41, 5.74) is 14.0. The largest absolute Gasteiger partial charge is 0.438 e. The van der Waals surface area contributed by atoms with Crippen LogP contribution >= 0.6 is 11.6 Å². The molecule has 1 aromatic carbocycles. The fourth-order valence-electron chi connectivity index (χ4n) is 1.93. The van der Waals surface area contributed by atoms with E-state index in [0.29, 0.717) is 28.8 Å². The first kappa shape index (κ1) is 10.2. The molecular weight excluding hydrogens is 238 g/mol. The third-order valence-electron chi connectivity index (χ3n) is 2.74. The number of fused-ring (bicyclic) bond motifs is 2. The van der Waals surface area contributed by atoms with E-state index in [-0.39, 0.29) is 0 Å². The molecule has 1 aliphatic heterocycles. The van der Waals surface area contributed by atoms with Crippen LogP contribution in [0.2, 0.25) is 5.02 Å². The van der Waals surface area contributed by atoms with Gasteiger partial charge in [-0.3, -0.25) is 0 Å². The number of halogens is 1. The number of hydrogen-bond donors (Lipinski definition) is 2. The molecule has 0 fully saturated rings. The number of nitrogens with two attached hydrogens (primary N) is 2. The molecule has 5 heteroatoms. The molecule has 0 bridgehead atoms. The fraction of sp³-hybridized carbons (Fsp3) is 0.0833. The monoisotopic (exact) mass is 247 g/mol. The van der Waals surface area contributed by atoms with Crippen molar-refractivity contribution in [3.63, 3.8) is 0 Å². The van der Waals surface area contributed by atoms with Crippen molar-refractivity contribution in [1.29, 1.82) is 0 Å². The van der Waals surface area contributed by atoms with Crippen molar-refractivity contribution >= 4 is 23.1 Å². The SMILES string of the molecule is Nc1cc(N)c2c(n1)Oc1ccc(Cl)cc1C2. The van der Waals surface area contributed by atoms with E-state index in [1.807, 2.05) is 12.1 Å². The highest BCUT2D eigenvalue weighted by molar-refractivity contribution is 6.30. The van der Waals surface area contributed by atoms with Gasteiger partial charge in [0.2, 0.25) is 5.88 Å². The highest BCUT2D eigenvalue weighted by Gasteiger charge is 2.21. The quantitative estimate of drug-likeness (QED) is 0.640. The predicted molar refractivity (Wildman–Crippen MR) is 67.4 cm³/mol. The van der Waals surface area contributed by atoms with Crippen LogP contribution in [0.3, 0.4) is 0 Å². The van der Waals surface area contributed by atoms with Gasteiger partial charge in [-0.25, -0.2) is 0 Å². The van der Waals surface area contributed by atoms with Gasteiger partial charge in [0.25, 0.3) is 0 Å². The lowest BCUT2D eigenvalue weighted by atomic mass is 10.0. The van der Waals surface area contributed by atoms with Gasteiger partial charge in [-0.05, 0) is 18.2 Å². The Labute approximate surface area is 103 Å². The molecule has 0 atom stereocenters. The lowest BCUT2D eigenvalue weighted by Crippen LogP contribution is -2.09. The number of benzene rings is 1. The van der Waals surface area contributed by atoms with Gasteiger partial charge in [0.05, 0.1) is 0 Å². The first-order valence-corrected chi connectivity index (χ1v) is 5.52. The molecule has 2 aromatic rings. The Hall–Kier alpha value is -1.94. The van der Waals surface area contributed by atoms with Gasteiger partial charge in [0, 0.05) is 34.3 Å². The van der Waals surface area contributed by atoms with Crippen LogP contribution in [0, 0.1) is 0 Å². The summed E-state index contributed by atoms with van der Waals surface area (Å²) in [7, 11) is 0. The van der Waals surface area contributed by atoms with Gasteiger partial charge in [-0.1, -0.05) is 11.6 Å². The number of hydrogen-bond acceptors (Lipinski definition) is 4. The van der Waals surface area contributed by atoms with E-state index in [2.05, 4.69) is 4.98 Å². The molecule has 0 saturated carbocycles. The molecule has 3 rings (SSSR count). The Balaban J connectivity index is 2.14. The highest BCUT2D eigenvalue weighted by Crippen LogP contribution is 2.39. The van der Waals surface area contributed by atoms with Crippen LogP contribution in [0.4, 0.5) is 11.5 Å². The number of nitrogens with zero attached hydrogens (tertiary/aromatic N) is 1. The summed E-state index contributed by atoms with van der Waals surface area (Å²) in [6.45, 7) is 0. The molecule has 0 spiro atoms. The lowest BCUT2D eigenvalue weighted by molar-refractivity contribution is 0.442.